The molecule has 9 heteroatoms. The van der Waals surface area contributed by atoms with Crippen LogP contribution in [0, 0.1) is 11.8 Å². The van der Waals surface area contributed by atoms with Gasteiger partial charge in [-0.3, -0.25) is 4.79 Å². The zero-order valence-electron chi connectivity index (χ0n) is 20.0. The Balaban J connectivity index is 1.74. The quantitative estimate of drug-likeness (QED) is 0.351. The van der Waals surface area contributed by atoms with Crippen molar-refractivity contribution in [3.8, 4) is 0 Å². The van der Waals surface area contributed by atoms with Crippen molar-refractivity contribution in [3.05, 3.63) is 23.9 Å². The Bertz CT molecular complexity index is 846. The molecule has 1 N–H and O–H groups in total. The number of carboxylic acids is 1. The number of ether oxygens (including phenoxy) is 1. The van der Waals surface area contributed by atoms with Crippen LogP contribution in [0.1, 0.15) is 40.5 Å². The molecule has 2 fully saturated rings. The van der Waals surface area contributed by atoms with Crippen LogP contribution in [0.25, 0.3) is 0 Å². The van der Waals surface area contributed by atoms with E-state index in [9.17, 15) is 19.5 Å². The Morgan fingerprint density at radius 2 is 2.00 bits per heavy atom. The van der Waals surface area contributed by atoms with E-state index in [1.54, 1.807) is 4.90 Å². The second kappa shape index (κ2) is 8.66. The number of carbonyl (C=O) groups is 3. The summed E-state index contributed by atoms with van der Waals surface area (Å²) in [5.41, 5.74) is 0.860. The van der Waals surface area contributed by atoms with Gasteiger partial charge in [-0.1, -0.05) is 33.4 Å². The maximum atomic E-state index is 13.1. The Morgan fingerprint density at radius 1 is 1.34 bits per heavy atom. The minimum absolute atomic E-state index is 0.0204. The third kappa shape index (κ3) is 4.24. The Hall–Kier alpha value is -2.13. The van der Waals surface area contributed by atoms with Crippen molar-refractivity contribution in [1.29, 1.82) is 0 Å². The summed E-state index contributed by atoms with van der Waals surface area (Å²) in [6.07, 6.45) is 2.00. The van der Waals surface area contributed by atoms with Gasteiger partial charge in [-0.15, -0.1) is 0 Å². The van der Waals surface area contributed by atoms with Crippen LogP contribution in [0.3, 0.4) is 0 Å². The number of carbonyl (C=O) groups excluding carboxylic acids is 2. The molecule has 0 aromatic rings. The molecule has 3 aliphatic rings. The number of hydrogen-bond donors (Lipinski definition) is 1. The summed E-state index contributed by atoms with van der Waals surface area (Å²) in [5.74, 6) is -1.69. The van der Waals surface area contributed by atoms with Crippen LogP contribution < -0.4 is 0 Å². The number of nitrogens with zero attached hydrogens (tertiary/aromatic N) is 2. The SMILES string of the molecule is C=CCOC(=O)N1CC[C@H](C2=C(C(=O)O)N3C(=O)[C@H]([C@@H](C)O[Si](C)(C)C(C)(C)C)[C@H]3C2)C1. The lowest BCUT2D eigenvalue weighted by atomic mass is 9.82. The van der Waals surface area contributed by atoms with Gasteiger partial charge in [0.1, 0.15) is 12.3 Å². The van der Waals surface area contributed by atoms with Crippen molar-refractivity contribution < 1.29 is 28.7 Å². The topological polar surface area (TPSA) is 96.4 Å². The maximum Gasteiger partial charge on any atom is 0.410 e. The maximum absolute atomic E-state index is 13.1. The highest BCUT2D eigenvalue weighted by molar-refractivity contribution is 6.74. The minimum Gasteiger partial charge on any atom is -0.477 e. The molecule has 0 radical (unpaired) electrons. The molecule has 2 saturated heterocycles. The van der Waals surface area contributed by atoms with Gasteiger partial charge in [-0.25, -0.2) is 9.59 Å². The van der Waals surface area contributed by atoms with E-state index in [1.807, 2.05) is 6.92 Å². The van der Waals surface area contributed by atoms with Crippen molar-refractivity contribution >= 4 is 26.3 Å². The number of aliphatic carboxylic acids is 1. The van der Waals surface area contributed by atoms with E-state index in [4.69, 9.17) is 9.16 Å². The van der Waals surface area contributed by atoms with Crippen LogP contribution in [-0.4, -0.2) is 73.0 Å². The van der Waals surface area contributed by atoms with Gasteiger partial charge in [0, 0.05) is 19.0 Å². The average molecular weight is 465 g/mol. The summed E-state index contributed by atoms with van der Waals surface area (Å²) < 4.78 is 11.6. The van der Waals surface area contributed by atoms with Crippen LogP contribution in [0.5, 0.6) is 0 Å². The van der Waals surface area contributed by atoms with Crippen LogP contribution >= 0.6 is 0 Å². The van der Waals surface area contributed by atoms with Gasteiger partial charge in [0.15, 0.2) is 8.32 Å². The Morgan fingerprint density at radius 3 is 2.56 bits per heavy atom. The zero-order chi connectivity index (χ0) is 24.0. The molecule has 0 aromatic heterocycles. The minimum atomic E-state index is -2.07. The molecule has 0 spiro atoms. The summed E-state index contributed by atoms with van der Waals surface area (Å²) >= 11 is 0. The Kier molecular flexibility index (Phi) is 6.64. The predicted octanol–water partition coefficient (Wildman–Crippen LogP) is 3.61. The first-order valence-corrected chi connectivity index (χ1v) is 14.2. The number of β-lactam (4-membered cyclic amide) rings is 1. The lowest BCUT2D eigenvalue weighted by Gasteiger charge is -2.48. The summed E-state index contributed by atoms with van der Waals surface area (Å²) in [4.78, 5) is 40.4. The molecule has 3 aliphatic heterocycles. The van der Waals surface area contributed by atoms with Gasteiger partial charge in [0.25, 0.3) is 0 Å². The van der Waals surface area contributed by atoms with Gasteiger partial charge in [0.2, 0.25) is 5.91 Å². The van der Waals surface area contributed by atoms with Gasteiger partial charge in [0.05, 0.1) is 18.1 Å². The molecule has 3 rings (SSSR count). The molecule has 0 unspecified atom stereocenters. The third-order valence-corrected chi connectivity index (χ3v) is 12.1. The van der Waals surface area contributed by atoms with Crippen molar-refractivity contribution in [1.82, 2.24) is 9.80 Å². The molecule has 4 atom stereocenters. The molecule has 0 saturated carbocycles. The molecular formula is C23H36N2O6Si. The normalized spacial score (nSPS) is 26.7. The molecular weight excluding hydrogens is 428 g/mol. The highest BCUT2D eigenvalue weighted by Crippen LogP contribution is 2.49. The number of likely N-dealkylation sites (tertiary alicyclic amines) is 1. The van der Waals surface area contributed by atoms with Crippen molar-refractivity contribution in [2.45, 2.75) is 70.8 Å². The third-order valence-electron chi connectivity index (χ3n) is 7.50. The monoisotopic (exact) mass is 464 g/mol. The summed E-state index contributed by atoms with van der Waals surface area (Å²) in [5, 5.41) is 9.92. The highest BCUT2D eigenvalue weighted by atomic mass is 28.4. The van der Waals surface area contributed by atoms with Crippen LogP contribution in [0.4, 0.5) is 4.79 Å². The van der Waals surface area contributed by atoms with Crippen LogP contribution in [-0.2, 0) is 18.8 Å². The number of hydrogen-bond acceptors (Lipinski definition) is 5. The van der Waals surface area contributed by atoms with E-state index in [0.717, 1.165) is 5.57 Å². The number of fused-ring (bicyclic) bond motifs is 1. The fourth-order valence-electron chi connectivity index (χ4n) is 4.80. The van der Waals surface area contributed by atoms with Gasteiger partial charge in [-0.05, 0) is 43.5 Å². The van der Waals surface area contributed by atoms with Gasteiger partial charge >= 0.3 is 12.1 Å². The molecule has 8 nitrogen and oxygen atoms in total. The Labute approximate surface area is 191 Å². The van der Waals surface area contributed by atoms with E-state index >= 15 is 0 Å². The van der Waals surface area contributed by atoms with Gasteiger partial charge in [-0.2, -0.15) is 0 Å². The van der Waals surface area contributed by atoms with E-state index in [2.05, 4.69) is 40.4 Å². The lowest BCUT2D eigenvalue weighted by molar-refractivity contribution is -0.160. The van der Waals surface area contributed by atoms with E-state index < -0.39 is 20.4 Å². The van der Waals surface area contributed by atoms with Crippen molar-refractivity contribution in [2.75, 3.05) is 19.7 Å². The summed E-state index contributed by atoms with van der Waals surface area (Å²) in [6, 6.07) is -0.190. The number of carboxylic acid groups (broad SMARTS) is 1. The van der Waals surface area contributed by atoms with E-state index in [1.165, 1.54) is 11.0 Å². The zero-order valence-corrected chi connectivity index (χ0v) is 21.0. The molecule has 0 bridgehead atoms. The van der Waals surface area contributed by atoms with Crippen LogP contribution in [0.15, 0.2) is 23.9 Å². The second-order valence-corrected chi connectivity index (χ2v) is 15.3. The summed E-state index contributed by atoms with van der Waals surface area (Å²) in [7, 11) is -2.07. The second-order valence-electron chi connectivity index (χ2n) is 10.6. The van der Waals surface area contributed by atoms with Crippen LogP contribution in [0.2, 0.25) is 18.1 Å². The molecule has 3 heterocycles. The average Bonchev–Trinajstić information content (AvgIpc) is 3.27. The van der Waals surface area contributed by atoms with Crippen molar-refractivity contribution in [3.63, 3.8) is 0 Å². The molecule has 0 aromatic carbocycles. The van der Waals surface area contributed by atoms with Crippen molar-refractivity contribution in [2.24, 2.45) is 11.8 Å². The van der Waals surface area contributed by atoms with Gasteiger partial charge < -0.3 is 24.1 Å². The fraction of sp³-hybridized carbons (Fsp3) is 0.696. The molecule has 178 valence electrons. The molecule has 32 heavy (non-hydrogen) atoms. The number of amides is 2. The largest absolute Gasteiger partial charge is 0.477 e. The standard InChI is InChI=1S/C23H36N2O6Si/c1-8-11-30-22(29)24-10-9-15(13-24)16-12-17-18(20(26)25(17)19(16)21(27)28)14(2)31-32(6,7)23(3,4)5/h8,14-15,17-18H,1,9-13H2,2-7H3,(H,27,28)/t14-,15+,17-,18-/m1/s1. The number of rotatable bonds is 7. The highest BCUT2D eigenvalue weighted by Gasteiger charge is 2.59. The predicted molar refractivity (Wildman–Crippen MR) is 122 cm³/mol. The summed E-state index contributed by atoms with van der Waals surface area (Å²) in [6.45, 7) is 17.3. The van der Waals surface area contributed by atoms with E-state index in [0.29, 0.717) is 25.9 Å². The first-order chi connectivity index (χ1) is 14.8. The fourth-order valence-corrected chi connectivity index (χ4v) is 6.23. The molecule has 2 amide bonds. The first kappa shape index (κ1) is 24.5. The smallest absolute Gasteiger partial charge is 0.410 e. The van der Waals surface area contributed by atoms with E-state index in [-0.39, 0.29) is 47.2 Å². The first-order valence-electron chi connectivity index (χ1n) is 11.3. The lowest BCUT2D eigenvalue weighted by Crippen LogP contribution is -2.63. The molecule has 0 aliphatic carbocycles.